The summed E-state index contributed by atoms with van der Waals surface area (Å²) in [6, 6.07) is 20.0. The Morgan fingerprint density at radius 2 is 1.17 bits per heavy atom. The summed E-state index contributed by atoms with van der Waals surface area (Å²) in [4.78, 5) is 12.4. The van der Waals surface area contributed by atoms with Crippen molar-refractivity contribution in [2.45, 2.75) is 19.8 Å². The van der Waals surface area contributed by atoms with Crippen LogP contribution in [0.25, 0.3) is 0 Å². The lowest BCUT2D eigenvalue weighted by Gasteiger charge is -2.18. The van der Waals surface area contributed by atoms with Crippen molar-refractivity contribution in [1.29, 1.82) is 0 Å². The van der Waals surface area contributed by atoms with Gasteiger partial charge in [0.05, 0.1) is 5.92 Å². The molecule has 0 aromatic heterocycles. The second-order valence-electron chi connectivity index (χ2n) is 4.81. The zero-order valence-electron chi connectivity index (χ0n) is 10.8. The fourth-order valence-corrected chi connectivity index (χ4v) is 2.15. The van der Waals surface area contributed by atoms with Crippen molar-refractivity contribution in [1.82, 2.24) is 0 Å². The minimum absolute atomic E-state index is 0.0374. The van der Waals surface area contributed by atoms with Gasteiger partial charge in [0.2, 0.25) is 0 Å². The van der Waals surface area contributed by atoms with Gasteiger partial charge in [-0.3, -0.25) is 4.79 Å². The second-order valence-corrected chi connectivity index (χ2v) is 4.81. The Labute approximate surface area is 108 Å². The molecule has 0 aliphatic rings. The number of ketones is 1. The molecule has 0 fully saturated rings. The molecular formula is C17H18O. The molecule has 0 radical (unpaired) electrons. The quantitative estimate of drug-likeness (QED) is 0.785. The van der Waals surface area contributed by atoms with Crippen LogP contribution in [0.3, 0.4) is 0 Å². The van der Waals surface area contributed by atoms with E-state index in [1.165, 1.54) is 0 Å². The van der Waals surface area contributed by atoms with Crippen molar-refractivity contribution in [3.63, 3.8) is 0 Å². The van der Waals surface area contributed by atoms with Gasteiger partial charge < -0.3 is 0 Å². The van der Waals surface area contributed by atoms with E-state index < -0.39 is 0 Å². The normalized spacial score (nSPS) is 10.9. The minimum Gasteiger partial charge on any atom is -0.298 e. The monoisotopic (exact) mass is 238 g/mol. The number of carbonyl (C=O) groups excluding carboxylic acids is 1. The van der Waals surface area contributed by atoms with Crippen LogP contribution in [-0.4, -0.2) is 5.78 Å². The Kier molecular flexibility index (Phi) is 3.93. The van der Waals surface area contributed by atoms with Crippen LogP contribution < -0.4 is 0 Å². The summed E-state index contributed by atoms with van der Waals surface area (Å²) in [6.07, 6.45) is 0. The van der Waals surface area contributed by atoms with E-state index in [1.54, 1.807) is 0 Å². The molecule has 0 atom stereocenters. The highest BCUT2D eigenvalue weighted by Gasteiger charge is 2.24. The first-order chi connectivity index (χ1) is 8.70. The van der Waals surface area contributed by atoms with Gasteiger partial charge in [-0.15, -0.1) is 0 Å². The van der Waals surface area contributed by atoms with E-state index in [2.05, 4.69) is 0 Å². The van der Waals surface area contributed by atoms with Gasteiger partial charge in [-0.25, -0.2) is 0 Å². The van der Waals surface area contributed by atoms with E-state index in [1.807, 2.05) is 74.5 Å². The Morgan fingerprint density at radius 3 is 1.50 bits per heavy atom. The molecule has 1 nitrogen and oxygen atoms in total. The minimum atomic E-state index is -0.146. The van der Waals surface area contributed by atoms with Crippen LogP contribution in [0.5, 0.6) is 0 Å². The van der Waals surface area contributed by atoms with E-state index in [-0.39, 0.29) is 17.6 Å². The van der Waals surface area contributed by atoms with Crippen molar-refractivity contribution in [2.24, 2.45) is 5.92 Å². The predicted octanol–water partition coefficient (Wildman–Crippen LogP) is 4.04. The van der Waals surface area contributed by atoms with E-state index in [0.29, 0.717) is 0 Å². The van der Waals surface area contributed by atoms with E-state index in [4.69, 9.17) is 0 Å². The number of hydrogen-bond donors (Lipinski definition) is 0. The van der Waals surface area contributed by atoms with E-state index in [9.17, 15) is 4.79 Å². The molecule has 18 heavy (non-hydrogen) atoms. The number of Topliss-reactive ketones (excluding diaryl/α,β-unsaturated/α-hetero) is 1. The highest BCUT2D eigenvalue weighted by Crippen LogP contribution is 2.27. The fourth-order valence-electron chi connectivity index (χ4n) is 2.15. The number of carbonyl (C=O) groups is 1. The summed E-state index contributed by atoms with van der Waals surface area (Å²) in [7, 11) is 0. The summed E-state index contributed by atoms with van der Waals surface area (Å²) >= 11 is 0. The third-order valence-electron chi connectivity index (χ3n) is 3.12. The molecule has 92 valence electrons. The molecule has 0 heterocycles. The van der Waals surface area contributed by atoms with Crippen molar-refractivity contribution in [2.75, 3.05) is 0 Å². The lowest BCUT2D eigenvalue weighted by molar-refractivity contribution is -0.122. The van der Waals surface area contributed by atoms with E-state index in [0.717, 1.165) is 11.1 Å². The van der Waals surface area contributed by atoms with Crippen molar-refractivity contribution in [3.8, 4) is 0 Å². The van der Waals surface area contributed by atoms with Gasteiger partial charge >= 0.3 is 0 Å². The topological polar surface area (TPSA) is 17.1 Å². The molecule has 1 heteroatoms. The molecule has 0 aliphatic carbocycles. The molecule has 0 spiro atoms. The first-order valence-corrected chi connectivity index (χ1v) is 6.33. The summed E-state index contributed by atoms with van der Waals surface area (Å²) in [5, 5.41) is 0. The SMILES string of the molecule is CC(C)C(=O)C(c1ccccc1)c1ccccc1. The Balaban J connectivity index is 2.45. The first kappa shape index (κ1) is 12.6. The summed E-state index contributed by atoms with van der Waals surface area (Å²) < 4.78 is 0. The van der Waals surface area contributed by atoms with Crippen molar-refractivity contribution < 1.29 is 4.79 Å². The lowest BCUT2D eigenvalue weighted by atomic mass is 9.83. The molecule has 2 rings (SSSR count). The standard InChI is InChI=1S/C17H18O/c1-13(2)17(18)16(14-9-5-3-6-10-14)15-11-7-4-8-12-15/h3-13,16H,1-2H3. The Morgan fingerprint density at radius 1 is 0.778 bits per heavy atom. The Hall–Kier alpha value is -1.89. The van der Waals surface area contributed by atoms with Crippen LogP contribution in [-0.2, 0) is 4.79 Å². The summed E-state index contributed by atoms with van der Waals surface area (Å²) in [6.45, 7) is 3.92. The third-order valence-corrected chi connectivity index (χ3v) is 3.12. The van der Waals surface area contributed by atoms with Gasteiger partial charge in [0.15, 0.2) is 0 Å². The lowest BCUT2D eigenvalue weighted by Crippen LogP contribution is -2.19. The number of hydrogen-bond acceptors (Lipinski definition) is 1. The molecule has 0 unspecified atom stereocenters. The van der Waals surface area contributed by atoms with Gasteiger partial charge in [-0.05, 0) is 11.1 Å². The van der Waals surface area contributed by atoms with Crippen LogP contribution >= 0.6 is 0 Å². The van der Waals surface area contributed by atoms with Crippen LogP contribution in [0, 0.1) is 5.92 Å². The molecule has 0 N–H and O–H groups in total. The maximum absolute atomic E-state index is 12.4. The predicted molar refractivity (Wildman–Crippen MR) is 74.6 cm³/mol. The van der Waals surface area contributed by atoms with Gasteiger partial charge in [-0.1, -0.05) is 74.5 Å². The molecule has 0 bridgehead atoms. The van der Waals surface area contributed by atoms with Crippen molar-refractivity contribution in [3.05, 3.63) is 71.8 Å². The average Bonchev–Trinajstić information content (AvgIpc) is 2.41. The van der Waals surface area contributed by atoms with Crippen LogP contribution in [0.2, 0.25) is 0 Å². The zero-order valence-corrected chi connectivity index (χ0v) is 10.8. The molecule has 2 aromatic rings. The van der Waals surface area contributed by atoms with E-state index >= 15 is 0 Å². The molecule has 0 saturated heterocycles. The first-order valence-electron chi connectivity index (χ1n) is 6.33. The van der Waals surface area contributed by atoms with Gasteiger partial charge in [0.1, 0.15) is 5.78 Å². The van der Waals surface area contributed by atoms with Crippen LogP contribution in [0.1, 0.15) is 30.9 Å². The molecule has 0 aliphatic heterocycles. The fraction of sp³-hybridized carbons (Fsp3) is 0.235. The number of rotatable bonds is 4. The maximum Gasteiger partial charge on any atom is 0.147 e. The highest BCUT2D eigenvalue weighted by molar-refractivity contribution is 5.90. The zero-order chi connectivity index (χ0) is 13.0. The van der Waals surface area contributed by atoms with Crippen molar-refractivity contribution >= 4 is 5.78 Å². The molecule has 0 amide bonds. The van der Waals surface area contributed by atoms with Gasteiger partial charge in [0.25, 0.3) is 0 Å². The average molecular weight is 238 g/mol. The molecule has 0 saturated carbocycles. The molecule has 2 aromatic carbocycles. The Bertz CT molecular complexity index is 460. The second kappa shape index (κ2) is 5.63. The van der Waals surface area contributed by atoms with Crippen LogP contribution in [0.4, 0.5) is 0 Å². The largest absolute Gasteiger partial charge is 0.298 e. The molecular weight excluding hydrogens is 220 g/mol. The van der Waals surface area contributed by atoms with Gasteiger partial charge in [0, 0.05) is 5.92 Å². The maximum atomic E-state index is 12.4. The van der Waals surface area contributed by atoms with Gasteiger partial charge in [-0.2, -0.15) is 0 Å². The summed E-state index contributed by atoms with van der Waals surface area (Å²) in [5.41, 5.74) is 2.14. The van der Waals surface area contributed by atoms with Crippen LogP contribution in [0.15, 0.2) is 60.7 Å². The summed E-state index contributed by atoms with van der Waals surface area (Å²) in [5.74, 6) is 0.162. The third kappa shape index (κ3) is 2.67. The number of benzene rings is 2. The smallest absolute Gasteiger partial charge is 0.147 e. The highest BCUT2D eigenvalue weighted by atomic mass is 16.1.